The van der Waals surface area contributed by atoms with Gasteiger partial charge in [-0.1, -0.05) is 12.1 Å². The molecule has 2 unspecified atom stereocenters. The van der Waals surface area contributed by atoms with Crippen LogP contribution in [0.4, 0.5) is 5.69 Å². The second-order valence-electron chi connectivity index (χ2n) is 4.87. The summed E-state index contributed by atoms with van der Waals surface area (Å²) < 4.78 is 11.2. The van der Waals surface area contributed by atoms with Crippen LogP contribution in [0.5, 0.6) is 5.75 Å². The van der Waals surface area contributed by atoms with Gasteiger partial charge in [0.1, 0.15) is 5.75 Å². The third-order valence-corrected chi connectivity index (χ3v) is 3.54. The van der Waals surface area contributed by atoms with Crippen LogP contribution in [0.25, 0.3) is 0 Å². The fourth-order valence-electron chi connectivity index (χ4n) is 2.31. The fraction of sp³-hybridized carbons (Fsp3) is 0.533. The van der Waals surface area contributed by atoms with Crippen LogP contribution in [0, 0.1) is 0 Å². The van der Waals surface area contributed by atoms with Crippen LogP contribution in [0.15, 0.2) is 24.3 Å². The van der Waals surface area contributed by atoms with Crippen LogP contribution >= 0.6 is 12.2 Å². The molecule has 0 saturated carbocycles. The van der Waals surface area contributed by atoms with Crippen molar-refractivity contribution in [3.63, 3.8) is 0 Å². The summed E-state index contributed by atoms with van der Waals surface area (Å²) in [5.74, 6) is 0.809. The molecule has 1 fully saturated rings. The quantitative estimate of drug-likeness (QED) is 0.817. The zero-order valence-corrected chi connectivity index (χ0v) is 12.8. The number of anilines is 1. The number of hydrogen-bond acceptors (Lipinski definition) is 3. The molecule has 2 N–H and O–H groups in total. The summed E-state index contributed by atoms with van der Waals surface area (Å²) in [6.07, 6.45) is 2.47. The van der Waals surface area contributed by atoms with Gasteiger partial charge in [-0.3, -0.25) is 0 Å². The predicted molar refractivity (Wildman–Crippen MR) is 85.4 cm³/mol. The number of rotatable bonds is 5. The number of para-hydroxylation sites is 2. The van der Waals surface area contributed by atoms with Crippen LogP contribution in [-0.4, -0.2) is 30.5 Å². The molecule has 1 heterocycles. The number of benzene rings is 1. The highest BCUT2D eigenvalue weighted by atomic mass is 32.1. The Kier molecular flexibility index (Phi) is 5.61. The second-order valence-corrected chi connectivity index (χ2v) is 5.28. The first-order valence-corrected chi connectivity index (χ1v) is 7.52. The minimum Gasteiger partial charge on any atom is -0.492 e. The lowest BCUT2D eigenvalue weighted by molar-refractivity contribution is 0.0895. The maximum absolute atomic E-state index is 5.65. The van der Waals surface area contributed by atoms with Crippen LogP contribution in [-0.2, 0) is 4.74 Å². The normalized spacial score (nSPS) is 19.4. The number of hydrogen-bond donors (Lipinski definition) is 2. The van der Waals surface area contributed by atoms with Crippen molar-refractivity contribution in [1.82, 2.24) is 5.32 Å². The van der Waals surface area contributed by atoms with Crippen LogP contribution < -0.4 is 15.4 Å². The lowest BCUT2D eigenvalue weighted by Crippen LogP contribution is -2.42. The molecule has 4 nitrogen and oxygen atoms in total. The zero-order chi connectivity index (χ0) is 14.4. The Labute approximate surface area is 125 Å². The van der Waals surface area contributed by atoms with Crippen molar-refractivity contribution in [1.29, 1.82) is 0 Å². The van der Waals surface area contributed by atoms with E-state index in [2.05, 4.69) is 17.6 Å². The van der Waals surface area contributed by atoms with E-state index in [1.165, 1.54) is 0 Å². The molecule has 0 aliphatic carbocycles. The molecule has 2 rings (SSSR count). The summed E-state index contributed by atoms with van der Waals surface area (Å²) in [4.78, 5) is 0. The average Bonchev–Trinajstić information content (AvgIpc) is 2.95. The van der Waals surface area contributed by atoms with Gasteiger partial charge < -0.3 is 20.1 Å². The molecule has 2 atom stereocenters. The molecule has 110 valence electrons. The van der Waals surface area contributed by atoms with Gasteiger partial charge in [-0.05, 0) is 51.0 Å². The maximum Gasteiger partial charge on any atom is 0.171 e. The molecule has 20 heavy (non-hydrogen) atoms. The van der Waals surface area contributed by atoms with Gasteiger partial charge in [0.25, 0.3) is 0 Å². The molecular weight excluding hydrogens is 272 g/mol. The van der Waals surface area contributed by atoms with E-state index in [-0.39, 0.29) is 12.1 Å². The standard InChI is InChI=1S/C15H22N2O2S/c1-3-18-14-8-5-4-7-12(14)17-15(20)16-11(2)13-9-6-10-19-13/h4-5,7-8,11,13H,3,6,9-10H2,1-2H3,(H2,16,17,20). The Balaban J connectivity index is 1.90. The number of ether oxygens (including phenoxy) is 2. The molecule has 0 radical (unpaired) electrons. The van der Waals surface area contributed by atoms with Crippen LogP contribution in [0.1, 0.15) is 26.7 Å². The third kappa shape index (κ3) is 4.08. The van der Waals surface area contributed by atoms with Gasteiger partial charge in [0.15, 0.2) is 5.11 Å². The molecule has 1 saturated heterocycles. The van der Waals surface area contributed by atoms with E-state index in [1.54, 1.807) is 0 Å². The number of nitrogens with one attached hydrogen (secondary N) is 2. The summed E-state index contributed by atoms with van der Waals surface area (Å²) >= 11 is 5.36. The highest BCUT2D eigenvalue weighted by Gasteiger charge is 2.22. The highest BCUT2D eigenvalue weighted by Crippen LogP contribution is 2.23. The van der Waals surface area contributed by atoms with E-state index < -0.39 is 0 Å². The van der Waals surface area contributed by atoms with Gasteiger partial charge in [-0.25, -0.2) is 0 Å². The maximum atomic E-state index is 5.65. The van der Waals surface area contributed by atoms with Gasteiger partial charge in [0.05, 0.1) is 24.4 Å². The first kappa shape index (κ1) is 15.1. The second kappa shape index (κ2) is 7.45. The van der Waals surface area contributed by atoms with E-state index in [4.69, 9.17) is 21.7 Å². The monoisotopic (exact) mass is 294 g/mol. The van der Waals surface area contributed by atoms with E-state index in [1.807, 2.05) is 31.2 Å². The van der Waals surface area contributed by atoms with Gasteiger partial charge in [0, 0.05) is 6.61 Å². The molecule has 0 bridgehead atoms. The predicted octanol–water partition coefficient (Wildman–Crippen LogP) is 2.94. The van der Waals surface area contributed by atoms with E-state index >= 15 is 0 Å². The third-order valence-electron chi connectivity index (χ3n) is 3.32. The number of thiocarbonyl (C=S) groups is 1. The first-order valence-electron chi connectivity index (χ1n) is 7.11. The average molecular weight is 294 g/mol. The van der Waals surface area contributed by atoms with Crippen LogP contribution in [0.3, 0.4) is 0 Å². The van der Waals surface area contributed by atoms with Crippen molar-refractivity contribution in [3.8, 4) is 5.75 Å². The Hall–Kier alpha value is -1.33. The van der Waals surface area contributed by atoms with Crippen molar-refractivity contribution >= 4 is 23.0 Å². The van der Waals surface area contributed by atoms with Gasteiger partial charge in [-0.15, -0.1) is 0 Å². The molecule has 0 aromatic heterocycles. The molecule has 0 spiro atoms. The molecule has 0 amide bonds. The van der Waals surface area contributed by atoms with Gasteiger partial charge in [-0.2, -0.15) is 0 Å². The Morgan fingerprint density at radius 2 is 2.30 bits per heavy atom. The lowest BCUT2D eigenvalue weighted by Gasteiger charge is -2.22. The van der Waals surface area contributed by atoms with Crippen molar-refractivity contribution < 1.29 is 9.47 Å². The largest absolute Gasteiger partial charge is 0.492 e. The molecule has 5 heteroatoms. The summed E-state index contributed by atoms with van der Waals surface area (Å²) in [5, 5.41) is 7.07. The minimum absolute atomic E-state index is 0.205. The van der Waals surface area contributed by atoms with Crippen molar-refractivity contribution in [2.45, 2.75) is 38.8 Å². The Morgan fingerprint density at radius 1 is 1.50 bits per heavy atom. The van der Waals surface area contributed by atoms with E-state index in [9.17, 15) is 0 Å². The summed E-state index contributed by atoms with van der Waals surface area (Å²) in [6.45, 7) is 5.54. The van der Waals surface area contributed by atoms with Crippen LogP contribution in [0.2, 0.25) is 0 Å². The summed E-state index contributed by atoms with van der Waals surface area (Å²) in [6, 6.07) is 7.99. The summed E-state index contributed by atoms with van der Waals surface area (Å²) in [5.41, 5.74) is 0.881. The molecule has 1 aromatic carbocycles. The van der Waals surface area contributed by atoms with E-state index in [0.717, 1.165) is 30.9 Å². The Bertz CT molecular complexity index is 447. The van der Waals surface area contributed by atoms with Crippen molar-refractivity contribution in [2.24, 2.45) is 0 Å². The fourth-order valence-corrected chi connectivity index (χ4v) is 2.60. The van der Waals surface area contributed by atoms with Gasteiger partial charge >= 0.3 is 0 Å². The SMILES string of the molecule is CCOc1ccccc1NC(=S)NC(C)C1CCCO1. The zero-order valence-electron chi connectivity index (χ0n) is 12.0. The topological polar surface area (TPSA) is 42.5 Å². The van der Waals surface area contributed by atoms with Crippen molar-refractivity contribution in [3.05, 3.63) is 24.3 Å². The smallest absolute Gasteiger partial charge is 0.171 e. The van der Waals surface area contributed by atoms with E-state index in [0.29, 0.717) is 11.7 Å². The molecule has 1 aliphatic rings. The summed E-state index contributed by atoms with van der Waals surface area (Å²) in [7, 11) is 0. The van der Waals surface area contributed by atoms with Crippen molar-refractivity contribution in [2.75, 3.05) is 18.5 Å². The minimum atomic E-state index is 0.205. The molecule has 1 aliphatic heterocycles. The first-order chi connectivity index (χ1) is 9.70. The Morgan fingerprint density at radius 3 is 3.00 bits per heavy atom. The molecule has 1 aromatic rings. The molecular formula is C15H22N2O2S. The highest BCUT2D eigenvalue weighted by molar-refractivity contribution is 7.80. The lowest BCUT2D eigenvalue weighted by atomic mass is 10.1. The van der Waals surface area contributed by atoms with Gasteiger partial charge in [0.2, 0.25) is 0 Å².